The van der Waals surface area contributed by atoms with Gasteiger partial charge in [0, 0.05) is 12.2 Å². The molecule has 1 atom stereocenters. The zero-order chi connectivity index (χ0) is 17.4. The lowest BCUT2D eigenvalue weighted by Gasteiger charge is -2.25. The van der Waals surface area contributed by atoms with Crippen LogP contribution >= 0.6 is 12.2 Å². The van der Waals surface area contributed by atoms with Crippen molar-refractivity contribution in [2.24, 2.45) is 0 Å². The largest absolute Gasteiger partial charge is 0.494 e. The predicted octanol–water partition coefficient (Wildman–Crippen LogP) is 3.67. The highest BCUT2D eigenvalue weighted by atomic mass is 32.1. The van der Waals surface area contributed by atoms with Crippen LogP contribution < -0.4 is 15.4 Å². The van der Waals surface area contributed by atoms with E-state index < -0.39 is 0 Å². The van der Waals surface area contributed by atoms with E-state index >= 15 is 0 Å². The zero-order valence-electron chi connectivity index (χ0n) is 14.5. The van der Waals surface area contributed by atoms with Gasteiger partial charge in [-0.1, -0.05) is 30.3 Å². The van der Waals surface area contributed by atoms with E-state index in [9.17, 15) is 0 Å². The number of hydrogen-bond acceptors (Lipinski definition) is 3. The Morgan fingerprint density at radius 3 is 2.33 bits per heavy atom. The molecule has 0 amide bonds. The fourth-order valence-electron chi connectivity index (χ4n) is 2.44. The molecule has 1 unspecified atom stereocenters. The Labute approximate surface area is 149 Å². The van der Waals surface area contributed by atoms with Crippen LogP contribution in [-0.2, 0) is 0 Å². The van der Waals surface area contributed by atoms with Gasteiger partial charge in [0.05, 0.1) is 12.6 Å². The third-order valence-corrected chi connectivity index (χ3v) is 3.93. The molecule has 0 heterocycles. The molecule has 0 bridgehead atoms. The number of nitrogens with zero attached hydrogens (tertiary/aromatic N) is 1. The maximum absolute atomic E-state index is 5.44. The fraction of sp³-hybridized carbons (Fsp3) is 0.316. The number of nitrogens with one attached hydrogen (secondary N) is 2. The molecule has 0 aromatic heterocycles. The summed E-state index contributed by atoms with van der Waals surface area (Å²) < 4.78 is 5.44. The van der Waals surface area contributed by atoms with E-state index in [-0.39, 0.29) is 6.04 Å². The normalized spacial score (nSPS) is 11.8. The van der Waals surface area contributed by atoms with Gasteiger partial charge in [0.1, 0.15) is 5.75 Å². The summed E-state index contributed by atoms with van der Waals surface area (Å²) in [6.45, 7) is 3.37. The van der Waals surface area contributed by atoms with Gasteiger partial charge in [-0.3, -0.25) is 0 Å². The van der Waals surface area contributed by atoms with E-state index in [0.29, 0.717) is 11.7 Å². The first-order chi connectivity index (χ1) is 11.6. The minimum atomic E-state index is 0.256. The highest BCUT2D eigenvalue weighted by Gasteiger charge is 2.13. The molecule has 128 valence electrons. The topological polar surface area (TPSA) is 36.5 Å². The second kappa shape index (κ2) is 9.25. The third kappa shape index (κ3) is 5.51. The van der Waals surface area contributed by atoms with Crippen LogP contribution in [0, 0.1) is 0 Å². The van der Waals surface area contributed by atoms with Gasteiger partial charge in [-0.05, 0) is 63.1 Å². The van der Waals surface area contributed by atoms with Gasteiger partial charge in [0.25, 0.3) is 0 Å². The maximum atomic E-state index is 5.44. The summed E-state index contributed by atoms with van der Waals surface area (Å²) >= 11 is 5.40. The molecular formula is C19H25N3OS. The number of benzene rings is 2. The molecular weight excluding hydrogens is 318 g/mol. The van der Waals surface area contributed by atoms with Crippen LogP contribution in [0.25, 0.3) is 0 Å². The molecule has 0 saturated heterocycles. The van der Waals surface area contributed by atoms with Crippen LogP contribution in [0.15, 0.2) is 54.6 Å². The summed E-state index contributed by atoms with van der Waals surface area (Å²) in [6, 6.07) is 18.4. The van der Waals surface area contributed by atoms with Gasteiger partial charge in [-0.2, -0.15) is 0 Å². The Hall–Kier alpha value is -2.11. The molecule has 5 heteroatoms. The van der Waals surface area contributed by atoms with Crippen LogP contribution in [0.5, 0.6) is 5.75 Å². The molecule has 0 aliphatic rings. The monoisotopic (exact) mass is 343 g/mol. The van der Waals surface area contributed by atoms with Crippen molar-refractivity contribution >= 4 is 23.0 Å². The Morgan fingerprint density at radius 2 is 1.75 bits per heavy atom. The first kappa shape index (κ1) is 18.2. The van der Waals surface area contributed by atoms with Gasteiger partial charge in [0.2, 0.25) is 0 Å². The second-order valence-electron chi connectivity index (χ2n) is 5.68. The SMILES string of the molecule is CCOc1ccc(NC(=S)NCC(c2ccccc2)N(C)C)cc1. The van der Waals surface area contributed by atoms with Crippen LogP contribution in [0.2, 0.25) is 0 Å². The number of ether oxygens (including phenoxy) is 1. The summed E-state index contributed by atoms with van der Waals surface area (Å²) in [5.74, 6) is 0.860. The lowest BCUT2D eigenvalue weighted by atomic mass is 10.1. The Morgan fingerprint density at radius 1 is 1.08 bits per heavy atom. The molecule has 0 spiro atoms. The van der Waals surface area contributed by atoms with E-state index in [1.165, 1.54) is 5.56 Å². The molecule has 0 radical (unpaired) electrons. The lowest BCUT2D eigenvalue weighted by molar-refractivity contribution is 0.299. The molecule has 2 aromatic carbocycles. The van der Waals surface area contributed by atoms with E-state index in [4.69, 9.17) is 17.0 Å². The van der Waals surface area contributed by atoms with E-state index in [1.54, 1.807) is 0 Å². The first-order valence-electron chi connectivity index (χ1n) is 8.09. The van der Waals surface area contributed by atoms with Gasteiger partial charge in [0.15, 0.2) is 5.11 Å². The van der Waals surface area contributed by atoms with Crippen molar-refractivity contribution in [3.05, 3.63) is 60.2 Å². The summed E-state index contributed by atoms with van der Waals surface area (Å²) in [5.41, 5.74) is 2.20. The van der Waals surface area contributed by atoms with Gasteiger partial charge >= 0.3 is 0 Å². The third-order valence-electron chi connectivity index (χ3n) is 3.69. The average molecular weight is 343 g/mol. The molecule has 4 nitrogen and oxygen atoms in total. The first-order valence-corrected chi connectivity index (χ1v) is 8.50. The quantitative estimate of drug-likeness (QED) is 0.750. The second-order valence-corrected chi connectivity index (χ2v) is 6.09. The Kier molecular flexibility index (Phi) is 7.03. The maximum Gasteiger partial charge on any atom is 0.170 e. The van der Waals surface area contributed by atoms with Gasteiger partial charge < -0.3 is 20.3 Å². The smallest absolute Gasteiger partial charge is 0.170 e. The van der Waals surface area contributed by atoms with Crippen molar-refractivity contribution in [2.75, 3.05) is 32.6 Å². The van der Waals surface area contributed by atoms with Crippen LogP contribution in [0.4, 0.5) is 5.69 Å². The van der Waals surface area contributed by atoms with Crippen molar-refractivity contribution in [3.63, 3.8) is 0 Å². The van der Waals surface area contributed by atoms with Crippen molar-refractivity contribution in [1.82, 2.24) is 10.2 Å². The summed E-state index contributed by atoms with van der Waals surface area (Å²) in [6.07, 6.45) is 0. The summed E-state index contributed by atoms with van der Waals surface area (Å²) in [5, 5.41) is 7.11. The van der Waals surface area contributed by atoms with E-state index in [0.717, 1.165) is 18.0 Å². The van der Waals surface area contributed by atoms with Crippen molar-refractivity contribution in [3.8, 4) is 5.75 Å². The van der Waals surface area contributed by atoms with Crippen molar-refractivity contribution in [1.29, 1.82) is 0 Å². The number of rotatable bonds is 7. The molecule has 0 saturated carbocycles. The molecule has 0 fully saturated rings. The van der Waals surface area contributed by atoms with Crippen LogP contribution in [0.1, 0.15) is 18.5 Å². The highest BCUT2D eigenvalue weighted by Crippen LogP contribution is 2.17. The molecule has 2 aromatic rings. The Balaban J connectivity index is 1.89. The fourth-order valence-corrected chi connectivity index (χ4v) is 2.64. The number of thiocarbonyl (C=S) groups is 1. The molecule has 2 rings (SSSR count). The minimum Gasteiger partial charge on any atom is -0.494 e. The van der Waals surface area contributed by atoms with Gasteiger partial charge in [-0.15, -0.1) is 0 Å². The Bertz CT molecular complexity index is 629. The summed E-state index contributed by atoms with van der Waals surface area (Å²) in [4.78, 5) is 2.18. The minimum absolute atomic E-state index is 0.256. The predicted molar refractivity (Wildman–Crippen MR) is 105 cm³/mol. The molecule has 0 aliphatic heterocycles. The van der Waals surface area contributed by atoms with Gasteiger partial charge in [-0.25, -0.2) is 0 Å². The number of anilines is 1. The molecule has 2 N–H and O–H groups in total. The average Bonchev–Trinajstić information content (AvgIpc) is 2.58. The van der Waals surface area contributed by atoms with Crippen molar-refractivity contribution < 1.29 is 4.74 Å². The standard InChI is InChI=1S/C19H25N3OS/c1-4-23-17-12-10-16(11-13-17)21-19(24)20-14-18(22(2)3)15-8-6-5-7-9-15/h5-13,18H,4,14H2,1-3H3,(H2,20,21,24). The van der Waals surface area contributed by atoms with Crippen LogP contribution in [0.3, 0.4) is 0 Å². The molecule has 24 heavy (non-hydrogen) atoms. The summed E-state index contributed by atoms with van der Waals surface area (Å²) in [7, 11) is 4.14. The van der Waals surface area contributed by atoms with Crippen molar-refractivity contribution in [2.45, 2.75) is 13.0 Å². The highest BCUT2D eigenvalue weighted by molar-refractivity contribution is 7.80. The number of hydrogen-bond donors (Lipinski definition) is 2. The van der Waals surface area contributed by atoms with E-state index in [2.05, 4.69) is 53.9 Å². The zero-order valence-corrected chi connectivity index (χ0v) is 15.3. The molecule has 0 aliphatic carbocycles. The van der Waals surface area contributed by atoms with E-state index in [1.807, 2.05) is 37.3 Å². The van der Waals surface area contributed by atoms with Crippen LogP contribution in [-0.4, -0.2) is 37.3 Å². The lowest BCUT2D eigenvalue weighted by Crippen LogP contribution is -2.36. The number of likely N-dealkylation sites (N-methyl/N-ethyl adjacent to an activating group) is 1.